The third-order valence-corrected chi connectivity index (χ3v) is 3.58. The average molecular weight is 449 g/mol. The van der Waals surface area contributed by atoms with Crippen molar-refractivity contribution in [3.05, 3.63) is 51.4 Å². The van der Waals surface area contributed by atoms with Crippen LogP contribution in [0.3, 0.4) is 0 Å². The molecule has 0 aliphatic rings. The van der Waals surface area contributed by atoms with E-state index in [1.165, 1.54) is 42.5 Å². The van der Waals surface area contributed by atoms with Crippen molar-refractivity contribution in [1.29, 1.82) is 0 Å². The molecule has 0 radical (unpaired) electrons. The first kappa shape index (κ1) is 19.6. The van der Waals surface area contributed by atoms with E-state index < -0.39 is 24.1 Å². The highest BCUT2D eigenvalue weighted by molar-refractivity contribution is 9.11. The molecule has 1 rings (SSSR count). The number of hydrogen-bond donors (Lipinski definition) is 3. The van der Waals surface area contributed by atoms with E-state index in [4.69, 9.17) is 9.84 Å². The number of halogens is 2. The van der Waals surface area contributed by atoms with Gasteiger partial charge in [0.2, 0.25) is 5.91 Å². The molecular weight excluding hydrogens is 434 g/mol. The number of amides is 1. The number of nitrogens with one attached hydrogen (secondary N) is 1. The van der Waals surface area contributed by atoms with Gasteiger partial charge in [0.25, 0.3) is 0 Å². The van der Waals surface area contributed by atoms with Crippen LogP contribution in [0.5, 0.6) is 0 Å². The van der Waals surface area contributed by atoms with Crippen molar-refractivity contribution >= 4 is 49.4 Å². The fourth-order valence-corrected chi connectivity index (χ4v) is 2.35. The number of benzene rings is 1. The second kappa shape index (κ2) is 9.61. The molecule has 3 N–H and O–H groups in total. The lowest BCUT2D eigenvalue weighted by molar-refractivity contribution is -0.112. The molecule has 23 heavy (non-hydrogen) atoms. The van der Waals surface area contributed by atoms with E-state index in [2.05, 4.69) is 37.2 Å². The number of aliphatic hydroxyl groups excluding tert-OH is 1. The van der Waals surface area contributed by atoms with Crippen LogP contribution < -0.4 is 5.32 Å². The van der Waals surface area contributed by atoms with Crippen LogP contribution in [0.15, 0.2) is 45.9 Å². The number of anilines is 1. The van der Waals surface area contributed by atoms with Gasteiger partial charge < -0.3 is 20.3 Å². The number of carboxylic acid groups (broad SMARTS) is 1. The number of carbonyl (C=O) groups is 2. The average Bonchev–Trinajstić information content (AvgIpc) is 2.49. The van der Waals surface area contributed by atoms with Crippen LogP contribution in [0.1, 0.15) is 10.4 Å². The zero-order valence-corrected chi connectivity index (χ0v) is 15.2. The minimum absolute atomic E-state index is 0.0355. The van der Waals surface area contributed by atoms with Gasteiger partial charge in [-0.3, -0.25) is 4.79 Å². The van der Waals surface area contributed by atoms with Gasteiger partial charge in [-0.1, -0.05) is 31.9 Å². The summed E-state index contributed by atoms with van der Waals surface area (Å²) in [6.45, 7) is 0. The number of carboxylic acids is 1. The molecule has 0 aliphatic heterocycles. The number of methoxy groups -OCH3 is 1. The van der Waals surface area contributed by atoms with Gasteiger partial charge in [0.1, 0.15) is 12.2 Å². The minimum atomic E-state index is -1.15. The van der Waals surface area contributed by atoms with Gasteiger partial charge in [0.05, 0.1) is 11.3 Å². The topological polar surface area (TPSA) is 95.9 Å². The molecule has 6 nitrogen and oxygen atoms in total. The summed E-state index contributed by atoms with van der Waals surface area (Å²) in [5.74, 6) is -1.69. The molecule has 2 atom stereocenters. The second-order valence-electron chi connectivity index (χ2n) is 4.35. The Morgan fingerprint density at radius 1 is 1.35 bits per heavy atom. The first-order valence-corrected chi connectivity index (χ1v) is 8.09. The van der Waals surface area contributed by atoms with E-state index in [-0.39, 0.29) is 11.3 Å². The van der Waals surface area contributed by atoms with Crippen molar-refractivity contribution in [2.45, 2.75) is 12.2 Å². The predicted molar refractivity (Wildman–Crippen MR) is 93.7 cm³/mol. The van der Waals surface area contributed by atoms with Crippen molar-refractivity contribution in [1.82, 2.24) is 0 Å². The first-order chi connectivity index (χ1) is 10.9. The molecule has 0 fully saturated rings. The van der Waals surface area contributed by atoms with Crippen LogP contribution in [0.25, 0.3) is 0 Å². The molecule has 8 heteroatoms. The van der Waals surface area contributed by atoms with E-state index in [0.29, 0.717) is 4.47 Å². The molecule has 0 saturated carbocycles. The summed E-state index contributed by atoms with van der Waals surface area (Å²) in [5.41, 5.74) is 0.136. The molecular formula is C15H15Br2NO5. The Morgan fingerprint density at radius 3 is 2.61 bits per heavy atom. The molecule has 0 aliphatic carbocycles. The molecule has 0 aromatic heterocycles. The summed E-state index contributed by atoms with van der Waals surface area (Å²) < 4.78 is 5.64. The van der Waals surface area contributed by atoms with Crippen LogP contribution >= 0.6 is 31.9 Å². The highest BCUT2D eigenvalue weighted by Gasteiger charge is 2.14. The molecule has 0 saturated heterocycles. The number of aromatic carboxylic acids is 1. The number of carbonyl (C=O) groups excluding carboxylic acids is 1. The van der Waals surface area contributed by atoms with Gasteiger partial charge in [0, 0.05) is 17.7 Å². The molecule has 0 bridgehead atoms. The van der Waals surface area contributed by atoms with Gasteiger partial charge in [0.15, 0.2) is 0 Å². The maximum absolute atomic E-state index is 11.9. The van der Waals surface area contributed by atoms with Crippen LogP contribution in [-0.2, 0) is 9.53 Å². The van der Waals surface area contributed by atoms with Crippen LogP contribution in [0.2, 0.25) is 0 Å². The Hall–Kier alpha value is -1.48. The van der Waals surface area contributed by atoms with Gasteiger partial charge >= 0.3 is 5.97 Å². The van der Waals surface area contributed by atoms with Crippen molar-refractivity contribution in [3.8, 4) is 0 Å². The summed E-state index contributed by atoms with van der Waals surface area (Å²) in [4.78, 5) is 24.6. The van der Waals surface area contributed by atoms with Crippen molar-refractivity contribution in [2.24, 2.45) is 0 Å². The van der Waals surface area contributed by atoms with E-state index in [1.54, 1.807) is 6.07 Å². The van der Waals surface area contributed by atoms with E-state index in [0.717, 1.165) is 0 Å². The first-order valence-electron chi connectivity index (χ1n) is 6.38. The Balaban J connectivity index is 2.84. The lowest BCUT2D eigenvalue weighted by Gasteiger charge is -2.14. The lowest BCUT2D eigenvalue weighted by atomic mass is 10.1. The fraction of sp³-hybridized carbons (Fsp3) is 0.200. The molecule has 0 heterocycles. The molecule has 1 aromatic rings. The Morgan fingerprint density at radius 2 is 2.04 bits per heavy atom. The van der Waals surface area contributed by atoms with Crippen molar-refractivity contribution in [3.63, 3.8) is 0 Å². The number of ether oxygens (including phenoxy) is 1. The normalized spacial score (nSPS) is 14.1. The predicted octanol–water partition coefficient (Wildman–Crippen LogP) is 2.93. The van der Waals surface area contributed by atoms with Crippen molar-refractivity contribution in [2.75, 3.05) is 12.4 Å². The standard InChI is InChI=1S/C15H15Br2NO5/c1-23-13(12(19)6-7-16)4-5-14(20)18-11-3-2-9(17)8-10(11)15(21)22/h2-8,12-13,19H,1H3,(H,18,20)(H,21,22)/b5-4+,7-6+. The maximum atomic E-state index is 11.9. The molecule has 0 spiro atoms. The smallest absolute Gasteiger partial charge is 0.337 e. The Labute approximate surface area is 150 Å². The third-order valence-electron chi connectivity index (χ3n) is 2.79. The van der Waals surface area contributed by atoms with E-state index in [1.807, 2.05) is 0 Å². The zero-order chi connectivity index (χ0) is 17.4. The van der Waals surface area contributed by atoms with Crippen molar-refractivity contribution < 1.29 is 24.5 Å². The number of hydrogen-bond acceptors (Lipinski definition) is 4. The highest BCUT2D eigenvalue weighted by atomic mass is 79.9. The Bertz CT molecular complexity index is 630. The zero-order valence-electron chi connectivity index (χ0n) is 12.1. The van der Waals surface area contributed by atoms with Crippen LogP contribution in [0.4, 0.5) is 5.69 Å². The second-order valence-corrected chi connectivity index (χ2v) is 5.80. The Kier molecular flexibility index (Phi) is 8.18. The van der Waals surface area contributed by atoms with Crippen LogP contribution in [-0.4, -0.2) is 41.4 Å². The summed E-state index contributed by atoms with van der Waals surface area (Å²) in [6.07, 6.45) is 2.37. The monoisotopic (exact) mass is 447 g/mol. The minimum Gasteiger partial charge on any atom is -0.478 e. The summed E-state index contributed by atoms with van der Waals surface area (Å²) in [5, 5.41) is 21.4. The van der Waals surface area contributed by atoms with Gasteiger partial charge in [-0.25, -0.2) is 4.79 Å². The van der Waals surface area contributed by atoms with E-state index >= 15 is 0 Å². The summed E-state index contributed by atoms with van der Waals surface area (Å²) in [7, 11) is 1.40. The fourth-order valence-electron chi connectivity index (χ4n) is 1.67. The van der Waals surface area contributed by atoms with Crippen LogP contribution in [0, 0.1) is 0 Å². The molecule has 2 unspecified atom stereocenters. The molecule has 1 aromatic carbocycles. The summed E-state index contributed by atoms with van der Waals surface area (Å²) >= 11 is 6.22. The van der Waals surface area contributed by atoms with Gasteiger partial charge in [-0.15, -0.1) is 0 Å². The van der Waals surface area contributed by atoms with Gasteiger partial charge in [-0.2, -0.15) is 0 Å². The highest BCUT2D eigenvalue weighted by Crippen LogP contribution is 2.21. The van der Waals surface area contributed by atoms with E-state index in [9.17, 15) is 14.7 Å². The lowest BCUT2D eigenvalue weighted by Crippen LogP contribution is -2.24. The SMILES string of the molecule is COC(/C=C/C(=O)Nc1ccc(Br)cc1C(=O)O)C(O)/C=C/Br. The summed E-state index contributed by atoms with van der Waals surface area (Å²) in [6, 6.07) is 4.49. The maximum Gasteiger partial charge on any atom is 0.337 e. The number of rotatable bonds is 7. The quantitative estimate of drug-likeness (QED) is 0.557. The largest absolute Gasteiger partial charge is 0.478 e. The third kappa shape index (κ3) is 6.26. The number of aliphatic hydroxyl groups is 1. The molecule has 124 valence electrons. The van der Waals surface area contributed by atoms with Gasteiger partial charge in [-0.05, 0) is 35.3 Å². The molecule has 1 amide bonds.